The third kappa shape index (κ3) is 4.00. The summed E-state index contributed by atoms with van der Waals surface area (Å²) in [6.45, 7) is 0.734. The van der Waals surface area contributed by atoms with Crippen LogP contribution in [0.4, 0.5) is 5.69 Å². The number of benzene rings is 2. The Morgan fingerprint density at radius 3 is 2.37 bits per heavy atom. The van der Waals surface area contributed by atoms with Crippen LogP contribution in [0.2, 0.25) is 0 Å². The third-order valence-electron chi connectivity index (χ3n) is 5.67. The minimum Gasteiger partial charge on any atom is -0.507 e. The van der Waals surface area contributed by atoms with Gasteiger partial charge in [0.2, 0.25) is 10.0 Å². The van der Waals surface area contributed by atoms with E-state index in [9.17, 15) is 23.1 Å². The monoisotopic (exact) mass is 493 g/mol. The number of rotatable bonds is 4. The molecule has 178 valence electrons. The van der Waals surface area contributed by atoms with Crippen molar-refractivity contribution in [2.24, 2.45) is 5.14 Å². The van der Waals surface area contributed by atoms with Gasteiger partial charge < -0.3 is 14.6 Å². The zero-order valence-corrected chi connectivity index (χ0v) is 18.9. The SMILES string of the molecule is NS(=O)(=O)c1ccc(N2C(=O)C(=O)/C(=C(\O)c3ccc4c(c3)OCCO4)C2c2ccccn2)cc1. The van der Waals surface area contributed by atoms with Crippen LogP contribution < -0.4 is 19.5 Å². The molecule has 3 N–H and O–H groups in total. The number of Topliss-reactive ketones (excluding diaryl/α,β-unsaturated/α-hetero) is 1. The van der Waals surface area contributed by atoms with Crippen LogP contribution >= 0.6 is 0 Å². The minimum absolute atomic E-state index is 0.150. The maximum absolute atomic E-state index is 13.2. The van der Waals surface area contributed by atoms with Gasteiger partial charge in [-0.2, -0.15) is 0 Å². The summed E-state index contributed by atoms with van der Waals surface area (Å²) in [5, 5.41) is 16.4. The van der Waals surface area contributed by atoms with Crippen molar-refractivity contribution in [3.05, 3.63) is 83.7 Å². The molecule has 10 nitrogen and oxygen atoms in total. The molecule has 2 aliphatic heterocycles. The number of nitrogens with two attached hydrogens (primary N) is 1. The molecule has 35 heavy (non-hydrogen) atoms. The quantitative estimate of drug-likeness (QED) is 0.319. The first-order chi connectivity index (χ1) is 16.8. The smallest absolute Gasteiger partial charge is 0.300 e. The predicted octanol–water partition coefficient (Wildman–Crippen LogP) is 2.13. The zero-order valence-electron chi connectivity index (χ0n) is 18.1. The van der Waals surface area contributed by atoms with Crippen LogP contribution in [-0.2, 0) is 19.6 Å². The summed E-state index contributed by atoms with van der Waals surface area (Å²) >= 11 is 0. The summed E-state index contributed by atoms with van der Waals surface area (Å²) < 4.78 is 34.4. The average molecular weight is 493 g/mol. The molecular weight excluding hydrogens is 474 g/mol. The lowest BCUT2D eigenvalue weighted by molar-refractivity contribution is -0.132. The van der Waals surface area contributed by atoms with Crippen molar-refractivity contribution in [1.29, 1.82) is 0 Å². The fourth-order valence-corrected chi connectivity index (χ4v) is 4.57. The van der Waals surface area contributed by atoms with E-state index in [1.165, 1.54) is 41.4 Å². The molecule has 1 amide bonds. The van der Waals surface area contributed by atoms with Crippen LogP contribution in [0, 0.1) is 0 Å². The Hall–Kier alpha value is -4.22. The van der Waals surface area contributed by atoms with E-state index in [0.29, 0.717) is 30.4 Å². The fourth-order valence-electron chi connectivity index (χ4n) is 4.06. The summed E-state index contributed by atoms with van der Waals surface area (Å²) in [6.07, 6.45) is 1.50. The van der Waals surface area contributed by atoms with Crippen LogP contribution in [0.25, 0.3) is 5.76 Å². The molecule has 1 saturated heterocycles. The van der Waals surface area contributed by atoms with E-state index in [-0.39, 0.29) is 21.7 Å². The number of carbonyl (C=O) groups is 2. The lowest BCUT2D eigenvalue weighted by Crippen LogP contribution is -2.29. The summed E-state index contributed by atoms with van der Waals surface area (Å²) in [5.74, 6) is -1.31. The van der Waals surface area contributed by atoms with Gasteiger partial charge in [-0.1, -0.05) is 6.07 Å². The topological polar surface area (TPSA) is 149 Å². The number of aliphatic hydroxyl groups excluding tert-OH is 1. The van der Waals surface area contributed by atoms with E-state index >= 15 is 0 Å². The zero-order chi connectivity index (χ0) is 24.7. The molecule has 1 aromatic heterocycles. The molecule has 2 aliphatic rings. The minimum atomic E-state index is -3.96. The lowest BCUT2D eigenvalue weighted by Gasteiger charge is -2.25. The molecular formula is C24H19N3O7S. The largest absolute Gasteiger partial charge is 0.507 e. The Labute approximate surface area is 200 Å². The van der Waals surface area contributed by atoms with Gasteiger partial charge in [0, 0.05) is 17.4 Å². The summed E-state index contributed by atoms with van der Waals surface area (Å²) in [6, 6.07) is 13.8. The number of amides is 1. The van der Waals surface area contributed by atoms with E-state index in [2.05, 4.69) is 4.98 Å². The van der Waals surface area contributed by atoms with Gasteiger partial charge in [-0.3, -0.25) is 19.5 Å². The second-order valence-electron chi connectivity index (χ2n) is 7.82. The first-order valence-corrected chi connectivity index (χ1v) is 12.0. The van der Waals surface area contributed by atoms with Crippen molar-refractivity contribution in [3.63, 3.8) is 0 Å². The summed E-state index contributed by atoms with van der Waals surface area (Å²) in [4.78, 5) is 31.7. The first-order valence-electron chi connectivity index (χ1n) is 10.5. The van der Waals surface area contributed by atoms with Crippen molar-refractivity contribution in [3.8, 4) is 11.5 Å². The lowest BCUT2D eigenvalue weighted by atomic mass is 9.98. The highest BCUT2D eigenvalue weighted by molar-refractivity contribution is 7.89. The second-order valence-corrected chi connectivity index (χ2v) is 9.38. The Kier molecular flexibility index (Phi) is 5.50. The average Bonchev–Trinajstić information content (AvgIpc) is 3.13. The number of aromatic nitrogens is 1. The Balaban J connectivity index is 1.66. The molecule has 1 atom stereocenters. The standard InChI is InChI=1S/C24H19N3O7S/c25-35(31,32)16-7-5-15(6-8-16)27-21(17-3-1-2-10-26-17)20(23(29)24(27)30)22(28)14-4-9-18-19(13-14)34-12-11-33-18/h1-10,13,21,28H,11-12H2,(H2,25,31,32)/b22-20-. The number of ketones is 1. The molecule has 0 aliphatic carbocycles. The Bertz CT molecular complexity index is 1470. The molecule has 2 aromatic carbocycles. The van der Waals surface area contributed by atoms with Gasteiger partial charge in [0.25, 0.3) is 11.7 Å². The summed E-state index contributed by atoms with van der Waals surface area (Å²) in [7, 11) is -3.96. The third-order valence-corrected chi connectivity index (χ3v) is 6.60. The number of carbonyl (C=O) groups excluding carboxylic acids is 2. The maximum atomic E-state index is 13.2. The van der Waals surface area contributed by atoms with E-state index in [1.54, 1.807) is 30.3 Å². The van der Waals surface area contributed by atoms with Crippen molar-refractivity contribution in [2.75, 3.05) is 18.1 Å². The number of nitrogens with zero attached hydrogens (tertiary/aromatic N) is 2. The highest BCUT2D eigenvalue weighted by Gasteiger charge is 2.47. The Morgan fingerprint density at radius 2 is 1.71 bits per heavy atom. The molecule has 0 spiro atoms. The number of hydrogen-bond acceptors (Lipinski definition) is 8. The van der Waals surface area contributed by atoms with E-state index in [1.807, 2.05) is 0 Å². The van der Waals surface area contributed by atoms with Gasteiger partial charge in [0.15, 0.2) is 11.5 Å². The summed E-state index contributed by atoms with van der Waals surface area (Å²) in [5.41, 5.74) is 0.663. The van der Waals surface area contributed by atoms with Crippen LogP contribution in [0.5, 0.6) is 11.5 Å². The molecule has 0 bridgehead atoms. The number of pyridine rings is 1. The fraction of sp³-hybridized carbons (Fsp3) is 0.125. The van der Waals surface area contributed by atoms with Crippen LogP contribution in [-0.4, -0.2) is 43.4 Å². The second kappa shape index (κ2) is 8.53. The van der Waals surface area contributed by atoms with Crippen molar-refractivity contribution < 1.29 is 32.6 Å². The molecule has 0 radical (unpaired) electrons. The molecule has 3 heterocycles. The molecule has 11 heteroatoms. The normalized spacial score (nSPS) is 19.1. The number of primary sulfonamides is 1. The van der Waals surface area contributed by atoms with E-state index < -0.39 is 33.5 Å². The number of hydrogen-bond donors (Lipinski definition) is 2. The van der Waals surface area contributed by atoms with Gasteiger partial charge >= 0.3 is 0 Å². The van der Waals surface area contributed by atoms with Crippen molar-refractivity contribution >= 4 is 33.2 Å². The van der Waals surface area contributed by atoms with Gasteiger partial charge in [0.05, 0.1) is 16.2 Å². The number of anilines is 1. The highest BCUT2D eigenvalue weighted by atomic mass is 32.2. The van der Waals surface area contributed by atoms with Crippen LogP contribution in [0.1, 0.15) is 17.3 Å². The molecule has 1 unspecified atom stereocenters. The number of aliphatic hydroxyl groups is 1. The molecule has 0 saturated carbocycles. The van der Waals surface area contributed by atoms with Crippen LogP contribution in [0.15, 0.2) is 77.3 Å². The first kappa shape index (κ1) is 22.6. The van der Waals surface area contributed by atoms with Crippen LogP contribution in [0.3, 0.4) is 0 Å². The maximum Gasteiger partial charge on any atom is 0.300 e. The van der Waals surface area contributed by atoms with Gasteiger partial charge in [-0.05, 0) is 54.6 Å². The Morgan fingerprint density at radius 1 is 1.00 bits per heavy atom. The van der Waals surface area contributed by atoms with E-state index in [0.717, 1.165) is 0 Å². The number of fused-ring (bicyclic) bond motifs is 1. The predicted molar refractivity (Wildman–Crippen MR) is 124 cm³/mol. The molecule has 1 fully saturated rings. The molecule has 5 rings (SSSR count). The highest BCUT2D eigenvalue weighted by Crippen LogP contribution is 2.42. The van der Waals surface area contributed by atoms with Gasteiger partial charge in [-0.25, -0.2) is 13.6 Å². The molecule has 3 aromatic rings. The number of ether oxygens (including phenoxy) is 2. The van der Waals surface area contributed by atoms with Crippen molar-refractivity contribution in [1.82, 2.24) is 4.98 Å². The van der Waals surface area contributed by atoms with E-state index in [4.69, 9.17) is 14.6 Å². The van der Waals surface area contributed by atoms with Gasteiger partial charge in [0.1, 0.15) is 25.0 Å². The van der Waals surface area contributed by atoms with Gasteiger partial charge in [-0.15, -0.1) is 0 Å². The number of sulfonamides is 1. The van der Waals surface area contributed by atoms with Crippen molar-refractivity contribution in [2.45, 2.75) is 10.9 Å².